The average Bonchev–Trinajstić information content (AvgIpc) is 3.73. The second-order valence-corrected chi connectivity index (χ2v) is 11.2. The lowest BCUT2D eigenvalue weighted by Gasteiger charge is -2.33. The van der Waals surface area contributed by atoms with Crippen LogP contribution in [0.15, 0.2) is 40.9 Å². The van der Waals surface area contributed by atoms with E-state index in [1.54, 1.807) is 0 Å². The summed E-state index contributed by atoms with van der Waals surface area (Å²) in [7, 11) is 1.84. The van der Waals surface area contributed by atoms with Gasteiger partial charge in [-0.05, 0) is 93.8 Å². The van der Waals surface area contributed by atoms with Crippen LogP contribution < -0.4 is 9.64 Å². The van der Waals surface area contributed by atoms with Gasteiger partial charge in [0.2, 0.25) is 0 Å². The lowest BCUT2D eigenvalue weighted by atomic mass is 9.92. The smallest absolute Gasteiger partial charge is 0.141 e. The number of hydrogen-bond donors (Lipinski definition) is 0. The van der Waals surface area contributed by atoms with Gasteiger partial charge in [-0.3, -0.25) is 0 Å². The maximum atomic E-state index is 5.79. The van der Waals surface area contributed by atoms with Gasteiger partial charge in [0.1, 0.15) is 17.3 Å². The molecule has 2 aromatic carbocycles. The summed E-state index contributed by atoms with van der Waals surface area (Å²) < 4.78 is 19.6. The van der Waals surface area contributed by atoms with Crippen molar-refractivity contribution < 1.29 is 14.0 Å². The monoisotopic (exact) mass is 512 g/mol. The highest BCUT2D eigenvalue weighted by Gasteiger charge is 2.34. The second kappa shape index (κ2) is 9.45. The topological polar surface area (TPSA) is 65.5 Å². The van der Waals surface area contributed by atoms with E-state index >= 15 is 0 Å². The highest BCUT2D eigenvalue weighted by molar-refractivity contribution is 5.84. The van der Waals surface area contributed by atoms with Gasteiger partial charge in [-0.15, -0.1) is 0 Å². The van der Waals surface area contributed by atoms with E-state index in [4.69, 9.17) is 19.0 Å². The molecule has 4 aromatic rings. The molecule has 1 aliphatic carbocycles. The van der Waals surface area contributed by atoms with Crippen molar-refractivity contribution in [1.82, 2.24) is 14.7 Å². The molecule has 7 rings (SSSR count). The van der Waals surface area contributed by atoms with Gasteiger partial charge in [0, 0.05) is 37.4 Å². The molecular weight excluding hydrogens is 476 g/mol. The minimum absolute atomic E-state index is 0.255. The second-order valence-electron chi connectivity index (χ2n) is 11.2. The number of anilines is 1. The molecule has 0 unspecified atom stereocenters. The zero-order chi connectivity index (χ0) is 25.8. The van der Waals surface area contributed by atoms with E-state index in [1.807, 2.05) is 21.0 Å². The molecule has 2 aliphatic heterocycles. The third-order valence-electron chi connectivity index (χ3n) is 8.94. The summed E-state index contributed by atoms with van der Waals surface area (Å²) in [6.07, 6.45) is 8.06. The van der Waals surface area contributed by atoms with Crippen LogP contribution in [0.25, 0.3) is 22.2 Å². The van der Waals surface area contributed by atoms with E-state index in [1.165, 1.54) is 29.0 Å². The molecular formula is C31H36N4O3. The van der Waals surface area contributed by atoms with Crippen molar-refractivity contribution in [2.75, 3.05) is 25.2 Å². The molecule has 0 spiro atoms. The third kappa shape index (κ3) is 3.90. The highest BCUT2D eigenvalue weighted by atomic mass is 16.5. The van der Waals surface area contributed by atoms with Crippen LogP contribution in [0.4, 0.5) is 5.69 Å². The zero-order valence-electron chi connectivity index (χ0n) is 22.6. The number of aryl methyl sites for hydroxylation is 2. The first-order valence-electron chi connectivity index (χ1n) is 14.1. The highest BCUT2D eigenvalue weighted by Crippen LogP contribution is 2.43. The van der Waals surface area contributed by atoms with Crippen LogP contribution in [0.5, 0.6) is 5.75 Å². The van der Waals surface area contributed by atoms with Gasteiger partial charge in [-0.1, -0.05) is 11.2 Å². The van der Waals surface area contributed by atoms with E-state index in [9.17, 15) is 0 Å². The Hall–Kier alpha value is -3.32. The van der Waals surface area contributed by atoms with Gasteiger partial charge >= 0.3 is 0 Å². The number of nitrogens with zero attached hydrogens (tertiary/aromatic N) is 4. The summed E-state index contributed by atoms with van der Waals surface area (Å²) in [6, 6.07) is 14.1. The van der Waals surface area contributed by atoms with Crippen molar-refractivity contribution in [3.8, 4) is 16.9 Å². The summed E-state index contributed by atoms with van der Waals surface area (Å²) in [5, 5.41) is 4.19. The van der Waals surface area contributed by atoms with Crippen LogP contribution in [0, 0.1) is 13.8 Å². The van der Waals surface area contributed by atoms with Gasteiger partial charge in [0.05, 0.1) is 35.5 Å². The largest absolute Gasteiger partial charge is 0.493 e. The molecule has 4 heterocycles. The molecule has 0 radical (unpaired) electrons. The Labute approximate surface area is 223 Å². The maximum absolute atomic E-state index is 5.79. The normalized spacial score (nSPS) is 23.2. The van der Waals surface area contributed by atoms with Crippen LogP contribution in [-0.2, 0) is 11.2 Å². The molecule has 1 atom stereocenters. The summed E-state index contributed by atoms with van der Waals surface area (Å²) in [5.74, 6) is 3.09. The third-order valence-corrected chi connectivity index (χ3v) is 8.94. The minimum Gasteiger partial charge on any atom is -0.493 e. The average molecular weight is 513 g/mol. The molecule has 198 valence electrons. The van der Waals surface area contributed by atoms with Crippen molar-refractivity contribution in [2.24, 2.45) is 0 Å². The first kappa shape index (κ1) is 23.8. The van der Waals surface area contributed by atoms with Gasteiger partial charge in [-0.25, -0.2) is 4.98 Å². The Bertz CT molecular complexity index is 1460. The first-order chi connectivity index (χ1) is 18.6. The van der Waals surface area contributed by atoms with E-state index < -0.39 is 0 Å². The SMILES string of the molecule is CO[C@H]1CC[C@H](n2c([C@@H]3CCCN3c3ccc4c(c3)CCO4)nc3cc(-c4c(C)noc4C)ccc32)CC1. The summed E-state index contributed by atoms with van der Waals surface area (Å²) in [6.45, 7) is 5.83. The zero-order valence-corrected chi connectivity index (χ0v) is 22.6. The molecule has 0 bridgehead atoms. The Balaban J connectivity index is 1.33. The van der Waals surface area contributed by atoms with Gasteiger partial charge in [0.25, 0.3) is 0 Å². The number of benzene rings is 2. The predicted octanol–water partition coefficient (Wildman–Crippen LogP) is 6.71. The number of methoxy groups -OCH3 is 1. The Kier molecular flexibility index (Phi) is 5.91. The quantitative estimate of drug-likeness (QED) is 0.296. The number of aromatic nitrogens is 3. The number of imidazole rings is 1. The molecule has 2 fully saturated rings. The summed E-state index contributed by atoms with van der Waals surface area (Å²) in [4.78, 5) is 7.98. The van der Waals surface area contributed by atoms with Crippen molar-refractivity contribution >= 4 is 16.7 Å². The first-order valence-corrected chi connectivity index (χ1v) is 14.1. The van der Waals surface area contributed by atoms with Crippen LogP contribution in [0.3, 0.4) is 0 Å². The summed E-state index contributed by atoms with van der Waals surface area (Å²) >= 11 is 0. The number of hydrogen-bond acceptors (Lipinski definition) is 6. The van der Waals surface area contributed by atoms with Gasteiger partial charge in [-0.2, -0.15) is 0 Å². The van der Waals surface area contributed by atoms with Crippen molar-refractivity contribution in [2.45, 2.75) is 77.0 Å². The minimum atomic E-state index is 0.255. The van der Waals surface area contributed by atoms with Crippen molar-refractivity contribution in [3.63, 3.8) is 0 Å². The standard InChI is InChI=1S/C31H36N4O3/c1-19-30(20(2)38-33-19)22-6-12-27-26(18-22)32-31(35(27)23-7-10-25(36-3)11-8-23)28-5-4-15-34(28)24-9-13-29-21(17-24)14-16-37-29/h6,9,12-13,17-18,23,25,28H,4-5,7-8,10-11,14-16H2,1-3H3/t23-,25-,28-/m0/s1. The molecule has 2 aromatic heterocycles. The fraction of sp³-hybridized carbons (Fsp3) is 0.484. The lowest BCUT2D eigenvalue weighted by Crippen LogP contribution is -2.28. The Morgan fingerprint density at radius 1 is 1.00 bits per heavy atom. The number of rotatable bonds is 5. The fourth-order valence-electron chi connectivity index (χ4n) is 7.02. The molecule has 1 saturated carbocycles. The van der Waals surface area contributed by atoms with E-state index in [2.05, 4.69) is 51.0 Å². The summed E-state index contributed by atoms with van der Waals surface area (Å²) in [5.41, 5.74) is 8.01. The molecule has 0 N–H and O–H groups in total. The van der Waals surface area contributed by atoms with E-state index in [-0.39, 0.29) is 6.04 Å². The molecule has 38 heavy (non-hydrogen) atoms. The van der Waals surface area contributed by atoms with Crippen LogP contribution in [0.1, 0.15) is 73.5 Å². The van der Waals surface area contributed by atoms with Gasteiger partial charge < -0.3 is 23.5 Å². The molecule has 7 heteroatoms. The van der Waals surface area contributed by atoms with Crippen LogP contribution in [0.2, 0.25) is 0 Å². The molecule has 1 saturated heterocycles. The molecule has 3 aliphatic rings. The van der Waals surface area contributed by atoms with E-state index in [0.29, 0.717) is 12.1 Å². The maximum Gasteiger partial charge on any atom is 0.141 e. The Morgan fingerprint density at radius 2 is 1.87 bits per heavy atom. The fourth-order valence-corrected chi connectivity index (χ4v) is 7.02. The predicted molar refractivity (Wildman–Crippen MR) is 148 cm³/mol. The Morgan fingerprint density at radius 3 is 2.66 bits per heavy atom. The number of fused-ring (bicyclic) bond motifs is 2. The molecule has 7 nitrogen and oxygen atoms in total. The van der Waals surface area contributed by atoms with Crippen LogP contribution in [-0.4, -0.2) is 41.1 Å². The lowest BCUT2D eigenvalue weighted by molar-refractivity contribution is 0.0584. The van der Waals surface area contributed by atoms with Gasteiger partial charge in [0.15, 0.2) is 0 Å². The number of ether oxygens (including phenoxy) is 2. The van der Waals surface area contributed by atoms with E-state index in [0.717, 1.165) is 85.5 Å². The molecule has 0 amide bonds. The van der Waals surface area contributed by atoms with Crippen LogP contribution >= 0.6 is 0 Å². The van der Waals surface area contributed by atoms with Crippen molar-refractivity contribution in [3.05, 3.63) is 59.2 Å². The van der Waals surface area contributed by atoms with Crippen molar-refractivity contribution in [1.29, 1.82) is 0 Å².